The van der Waals surface area contributed by atoms with E-state index >= 15 is 0 Å². The van der Waals surface area contributed by atoms with Gasteiger partial charge in [-0.15, -0.1) is 0 Å². The summed E-state index contributed by atoms with van der Waals surface area (Å²) in [7, 11) is 4.87. The molecular formula is C27H34ClN3O8. The molecule has 1 aromatic carbocycles. The number of rotatable bonds is 6. The SMILES string of the molecule is CN(C)[C@@H]1C(=O)C(C(N)=O)=C(O)C2(O)C(=O)C3=C(O)c4c(O)cc(CN(C)C(C)(C)CO)c(Cl)c4C[C@H]3C[C@@H]12. The normalized spacial score (nSPS) is 27.2. The molecule has 4 atom stereocenters. The molecule has 11 nitrogen and oxygen atoms in total. The number of benzene rings is 1. The van der Waals surface area contributed by atoms with Gasteiger partial charge in [0.2, 0.25) is 5.78 Å². The molecule has 0 bridgehead atoms. The Hall–Kier alpha value is -2.96. The molecule has 1 saturated carbocycles. The maximum atomic E-state index is 13.9. The molecule has 212 valence electrons. The van der Waals surface area contributed by atoms with Crippen LogP contribution in [0.2, 0.25) is 5.02 Å². The molecule has 39 heavy (non-hydrogen) atoms. The molecule has 4 rings (SSSR count). The molecule has 0 saturated heterocycles. The third kappa shape index (κ3) is 4.15. The average molecular weight is 564 g/mol. The van der Waals surface area contributed by atoms with E-state index in [1.165, 1.54) is 11.0 Å². The zero-order valence-corrected chi connectivity index (χ0v) is 23.2. The molecule has 0 radical (unpaired) electrons. The molecule has 1 amide bonds. The fourth-order valence-corrected chi connectivity index (χ4v) is 6.34. The third-order valence-electron chi connectivity index (χ3n) is 8.56. The fraction of sp³-hybridized carbons (Fsp3) is 0.519. The Morgan fingerprint density at radius 3 is 2.36 bits per heavy atom. The Morgan fingerprint density at radius 2 is 1.82 bits per heavy atom. The largest absolute Gasteiger partial charge is 0.508 e. The number of hydrogen-bond donors (Lipinski definition) is 6. The molecule has 3 aliphatic carbocycles. The van der Waals surface area contributed by atoms with Crippen LogP contribution in [0.3, 0.4) is 0 Å². The lowest BCUT2D eigenvalue weighted by atomic mass is 9.57. The van der Waals surface area contributed by atoms with E-state index in [1.807, 2.05) is 18.7 Å². The first-order valence-corrected chi connectivity index (χ1v) is 12.9. The second kappa shape index (κ2) is 9.60. The number of Topliss-reactive ketones (excluding diaryl/α,β-unsaturated/α-hetero) is 2. The number of ketones is 2. The number of phenols is 1. The van der Waals surface area contributed by atoms with Crippen LogP contribution in [0.1, 0.15) is 37.0 Å². The molecule has 0 heterocycles. The average Bonchev–Trinajstić information content (AvgIpc) is 2.83. The number of aromatic hydroxyl groups is 1. The van der Waals surface area contributed by atoms with Crippen LogP contribution in [0.15, 0.2) is 23.0 Å². The van der Waals surface area contributed by atoms with Crippen molar-refractivity contribution >= 4 is 34.8 Å². The van der Waals surface area contributed by atoms with E-state index in [-0.39, 0.29) is 47.9 Å². The molecule has 0 aromatic heterocycles. The van der Waals surface area contributed by atoms with Crippen LogP contribution in [0.5, 0.6) is 5.75 Å². The molecule has 1 fully saturated rings. The van der Waals surface area contributed by atoms with Gasteiger partial charge >= 0.3 is 0 Å². The van der Waals surface area contributed by atoms with Crippen molar-refractivity contribution in [2.45, 2.75) is 50.4 Å². The second-order valence-corrected chi connectivity index (χ2v) is 11.9. The smallest absolute Gasteiger partial charge is 0.255 e. The highest BCUT2D eigenvalue weighted by Gasteiger charge is 2.64. The van der Waals surface area contributed by atoms with Gasteiger partial charge in [0, 0.05) is 28.6 Å². The van der Waals surface area contributed by atoms with Gasteiger partial charge in [-0.25, -0.2) is 0 Å². The number of hydrogen-bond acceptors (Lipinski definition) is 10. The Balaban J connectivity index is 1.89. The highest BCUT2D eigenvalue weighted by Crippen LogP contribution is 2.53. The number of nitrogens with two attached hydrogens (primary N) is 1. The van der Waals surface area contributed by atoms with Crippen molar-refractivity contribution in [3.63, 3.8) is 0 Å². The number of phenolic OH excluding ortho intramolecular Hbond substituents is 1. The molecule has 7 N–H and O–H groups in total. The summed E-state index contributed by atoms with van der Waals surface area (Å²) in [5.74, 6) is -7.13. The van der Waals surface area contributed by atoms with Crippen LogP contribution in [0.4, 0.5) is 0 Å². The molecular weight excluding hydrogens is 530 g/mol. The summed E-state index contributed by atoms with van der Waals surface area (Å²) < 4.78 is 0. The zero-order valence-electron chi connectivity index (χ0n) is 22.4. The van der Waals surface area contributed by atoms with Crippen molar-refractivity contribution in [3.05, 3.63) is 44.7 Å². The minimum Gasteiger partial charge on any atom is -0.508 e. The molecule has 1 aromatic rings. The summed E-state index contributed by atoms with van der Waals surface area (Å²) in [5, 5.41) is 54.7. The number of fused-ring (bicyclic) bond motifs is 3. The predicted molar refractivity (Wildman–Crippen MR) is 142 cm³/mol. The number of halogens is 1. The van der Waals surface area contributed by atoms with Gasteiger partial charge in [-0.2, -0.15) is 0 Å². The number of aliphatic hydroxyl groups excluding tert-OH is 3. The number of likely N-dealkylation sites (N-methyl/N-ethyl adjacent to an activating group) is 2. The number of carbonyl (C=O) groups is 3. The maximum Gasteiger partial charge on any atom is 0.255 e. The summed E-state index contributed by atoms with van der Waals surface area (Å²) in [4.78, 5) is 42.4. The van der Waals surface area contributed by atoms with Gasteiger partial charge in [0.25, 0.3) is 5.91 Å². The topological polar surface area (TPSA) is 185 Å². The van der Waals surface area contributed by atoms with Gasteiger partial charge in [0.05, 0.1) is 18.2 Å². The summed E-state index contributed by atoms with van der Waals surface area (Å²) >= 11 is 6.78. The zero-order chi connectivity index (χ0) is 29.4. The number of carbonyl (C=O) groups excluding carboxylic acids is 3. The van der Waals surface area contributed by atoms with Crippen LogP contribution in [0, 0.1) is 11.8 Å². The van der Waals surface area contributed by atoms with E-state index in [9.17, 15) is 39.9 Å². The van der Waals surface area contributed by atoms with Gasteiger partial charge < -0.3 is 31.3 Å². The van der Waals surface area contributed by atoms with Crippen molar-refractivity contribution in [2.75, 3.05) is 27.7 Å². The van der Waals surface area contributed by atoms with Crippen molar-refractivity contribution in [1.82, 2.24) is 9.80 Å². The van der Waals surface area contributed by atoms with E-state index in [4.69, 9.17) is 17.3 Å². The standard InChI is InChI=1S/C27H34ClN3O8/c1-26(2,10-32)31(5)9-12-8-15(33)17-13(19(12)28)6-11-7-14-20(30(3)4)22(35)18(25(29)38)24(37)27(14,39)23(36)16(11)21(17)34/h8,11,14,20,32-34,37,39H,6-7,9-10H2,1-5H3,(H2,29,38)/t11-,14-,20-,27?/m0/s1. The number of primary amides is 1. The Labute approximate surface area is 230 Å². The van der Waals surface area contributed by atoms with E-state index in [0.717, 1.165) is 0 Å². The first kappa shape index (κ1) is 29.0. The van der Waals surface area contributed by atoms with Crippen molar-refractivity contribution in [3.8, 4) is 5.75 Å². The third-order valence-corrected chi connectivity index (χ3v) is 9.03. The highest BCUT2D eigenvalue weighted by molar-refractivity contribution is 6.32. The van der Waals surface area contributed by atoms with Crippen molar-refractivity contribution < 1.29 is 39.9 Å². The lowest BCUT2D eigenvalue weighted by Gasteiger charge is -2.50. The lowest BCUT2D eigenvalue weighted by Crippen LogP contribution is -2.65. The van der Waals surface area contributed by atoms with Crippen LogP contribution >= 0.6 is 11.6 Å². The molecule has 12 heteroatoms. The van der Waals surface area contributed by atoms with E-state index in [2.05, 4.69) is 0 Å². The minimum absolute atomic E-state index is 0.0233. The number of amides is 1. The number of nitrogens with zero attached hydrogens (tertiary/aromatic N) is 2. The van der Waals surface area contributed by atoms with Crippen LogP contribution in [0.25, 0.3) is 5.76 Å². The van der Waals surface area contributed by atoms with Gasteiger partial charge in [0.1, 0.15) is 22.8 Å². The summed E-state index contributed by atoms with van der Waals surface area (Å²) in [5.41, 5.74) is 1.83. The van der Waals surface area contributed by atoms with E-state index in [1.54, 1.807) is 21.1 Å². The quantitative estimate of drug-likeness (QED) is 0.271. The van der Waals surface area contributed by atoms with Gasteiger partial charge in [0.15, 0.2) is 11.4 Å². The lowest BCUT2D eigenvalue weighted by molar-refractivity contribution is -0.153. The Kier molecular flexibility index (Phi) is 7.15. The number of aliphatic hydroxyl groups is 4. The minimum atomic E-state index is -2.69. The van der Waals surface area contributed by atoms with Crippen molar-refractivity contribution in [2.24, 2.45) is 17.6 Å². The van der Waals surface area contributed by atoms with E-state index < -0.39 is 63.6 Å². The molecule has 0 spiro atoms. The van der Waals surface area contributed by atoms with Gasteiger partial charge in [-0.1, -0.05) is 11.6 Å². The predicted octanol–water partition coefficient (Wildman–Crippen LogP) is 0.820. The Bertz CT molecular complexity index is 1350. The highest BCUT2D eigenvalue weighted by atomic mass is 35.5. The monoisotopic (exact) mass is 563 g/mol. The summed E-state index contributed by atoms with van der Waals surface area (Å²) in [6.45, 7) is 3.83. The van der Waals surface area contributed by atoms with E-state index in [0.29, 0.717) is 11.1 Å². The van der Waals surface area contributed by atoms with Gasteiger partial charge in [-0.05, 0) is 70.9 Å². The fourth-order valence-electron chi connectivity index (χ4n) is 6.05. The first-order chi connectivity index (χ1) is 18.0. The first-order valence-electron chi connectivity index (χ1n) is 12.5. The van der Waals surface area contributed by atoms with Crippen LogP contribution in [-0.2, 0) is 27.3 Å². The molecule has 1 unspecified atom stereocenters. The van der Waals surface area contributed by atoms with Gasteiger partial charge in [-0.3, -0.25) is 24.2 Å². The maximum absolute atomic E-state index is 13.9. The van der Waals surface area contributed by atoms with Crippen LogP contribution in [-0.4, -0.2) is 97.7 Å². The Morgan fingerprint density at radius 1 is 1.21 bits per heavy atom. The summed E-state index contributed by atoms with van der Waals surface area (Å²) in [6.07, 6.45) is 0.0758. The summed E-state index contributed by atoms with van der Waals surface area (Å²) in [6, 6.07) is 0.212. The molecule has 0 aliphatic heterocycles. The van der Waals surface area contributed by atoms with Crippen molar-refractivity contribution in [1.29, 1.82) is 0 Å². The molecule has 3 aliphatic rings. The van der Waals surface area contributed by atoms with Crippen LogP contribution < -0.4 is 5.73 Å². The second-order valence-electron chi connectivity index (χ2n) is 11.5.